The van der Waals surface area contributed by atoms with E-state index in [1.807, 2.05) is 31.3 Å². The standard InChI is InChI=1S/C16H13NO2/c1-17-10-14(13-4-2-3-5-15(13)17)11-6-8-12(9-7-11)16(18)19/h2-10H,1H3,(H,18,19). The van der Waals surface area contributed by atoms with Gasteiger partial charge >= 0.3 is 5.97 Å². The number of nitrogens with zero attached hydrogens (tertiary/aromatic N) is 1. The number of benzene rings is 2. The Labute approximate surface area is 110 Å². The fourth-order valence-corrected chi connectivity index (χ4v) is 2.36. The third-order valence-electron chi connectivity index (χ3n) is 3.34. The number of rotatable bonds is 2. The van der Waals surface area contributed by atoms with Crippen molar-refractivity contribution in [1.82, 2.24) is 4.57 Å². The van der Waals surface area contributed by atoms with Crippen molar-refractivity contribution in [2.75, 3.05) is 0 Å². The van der Waals surface area contributed by atoms with E-state index in [1.54, 1.807) is 12.1 Å². The van der Waals surface area contributed by atoms with Crippen molar-refractivity contribution in [2.45, 2.75) is 0 Å². The Hall–Kier alpha value is -2.55. The molecule has 0 saturated carbocycles. The van der Waals surface area contributed by atoms with Gasteiger partial charge in [-0.25, -0.2) is 4.79 Å². The molecule has 0 aliphatic rings. The first kappa shape index (κ1) is 11.5. The molecule has 94 valence electrons. The third-order valence-corrected chi connectivity index (χ3v) is 3.34. The molecular weight excluding hydrogens is 238 g/mol. The molecule has 0 spiro atoms. The van der Waals surface area contributed by atoms with E-state index in [4.69, 9.17) is 5.11 Å². The summed E-state index contributed by atoms with van der Waals surface area (Å²) in [5.41, 5.74) is 3.63. The molecule has 0 unspecified atom stereocenters. The molecule has 2 aromatic carbocycles. The molecule has 0 amide bonds. The van der Waals surface area contributed by atoms with Crippen molar-refractivity contribution in [3.05, 3.63) is 60.3 Å². The number of para-hydroxylation sites is 1. The molecule has 1 heterocycles. The second-order valence-electron chi connectivity index (χ2n) is 4.55. The minimum Gasteiger partial charge on any atom is -0.478 e. The first-order valence-electron chi connectivity index (χ1n) is 6.04. The Morgan fingerprint density at radius 1 is 1.05 bits per heavy atom. The van der Waals surface area contributed by atoms with E-state index in [0.29, 0.717) is 5.56 Å². The Bertz CT molecular complexity index is 754. The van der Waals surface area contributed by atoms with Crippen LogP contribution in [0.5, 0.6) is 0 Å². The van der Waals surface area contributed by atoms with Crippen LogP contribution in [0.3, 0.4) is 0 Å². The van der Waals surface area contributed by atoms with Crippen molar-refractivity contribution in [2.24, 2.45) is 7.05 Å². The van der Waals surface area contributed by atoms with E-state index in [-0.39, 0.29) is 0 Å². The Morgan fingerprint density at radius 2 is 1.74 bits per heavy atom. The van der Waals surface area contributed by atoms with Crippen molar-refractivity contribution in [3.63, 3.8) is 0 Å². The van der Waals surface area contributed by atoms with Crippen LogP contribution < -0.4 is 0 Å². The van der Waals surface area contributed by atoms with Crippen LogP contribution in [-0.2, 0) is 7.05 Å². The highest BCUT2D eigenvalue weighted by atomic mass is 16.4. The number of hydrogen-bond donors (Lipinski definition) is 1. The molecular formula is C16H13NO2. The van der Waals surface area contributed by atoms with E-state index in [2.05, 4.69) is 22.9 Å². The van der Waals surface area contributed by atoms with E-state index in [9.17, 15) is 4.79 Å². The molecule has 0 aliphatic carbocycles. The van der Waals surface area contributed by atoms with E-state index in [1.165, 1.54) is 10.9 Å². The summed E-state index contributed by atoms with van der Waals surface area (Å²) in [7, 11) is 2.01. The summed E-state index contributed by atoms with van der Waals surface area (Å²) in [6, 6.07) is 15.2. The van der Waals surface area contributed by atoms with E-state index in [0.717, 1.165) is 11.1 Å². The van der Waals surface area contributed by atoms with Crippen LogP contribution in [0.1, 0.15) is 10.4 Å². The molecule has 0 bridgehead atoms. The highest BCUT2D eigenvalue weighted by molar-refractivity contribution is 5.96. The van der Waals surface area contributed by atoms with Crippen LogP contribution in [0, 0.1) is 0 Å². The quantitative estimate of drug-likeness (QED) is 0.756. The molecule has 0 aliphatic heterocycles. The predicted molar refractivity (Wildman–Crippen MR) is 75.3 cm³/mol. The van der Waals surface area contributed by atoms with Crippen LogP contribution in [0.2, 0.25) is 0 Å². The Kier molecular flexibility index (Phi) is 2.60. The zero-order chi connectivity index (χ0) is 13.4. The van der Waals surface area contributed by atoms with Gasteiger partial charge in [0.05, 0.1) is 5.56 Å². The number of carboxylic acid groups (broad SMARTS) is 1. The first-order valence-corrected chi connectivity index (χ1v) is 6.04. The number of carbonyl (C=O) groups is 1. The highest BCUT2D eigenvalue weighted by Crippen LogP contribution is 2.30. The maximum atomic E-state index is 10.9. The van der Waals surface area contributed by atoms with Gasteiger partial charge in [0.2, 0.25) is 0 Å². The Balaban J connectivity index is 2.16. The van der Waals surface area contributed by atoms with Gasteiger partial charge in [0.25, 0.3) is 0 Å². The number of aryl methyl sites for hydroxylation is 1. The van der Waals surface area contributed by atoms with Crippen LogP contribution in [-0.4, -0.2) is 15.6 Å². The lowest BCUT2D eigenvalue weighted by molar-refractivity contribution is 0.0697. The maximum Gasteiger partial charge on any atom is 0.335 e. The maximum absolute atomic E-state index is 10.9. The summed E-state index contributed by atoms with van der Waals surface area (Å²) < 4.78 is 2.08. The zero-order valence-electron chi connectivity index (χ0n) is 10.5. The molecule has 3 nitrogen and oxygen atoms in total. The summed E-state index contributed by atoms with van der Waals surface area (Å²) >= 11 is 0. The van der Waals surface area contributed by atoms with E-state index >= 15 is 0 Å². The summed E-state index contributed by atoms with van der Waals surface area (Å²) in [6.07, 6.45) is 2.07. The molecule has 1 N–H and O–H groups in total. The summed E-state index contributed by atoms with van der Waals surface area (Å²) in [4.78, 5) is 10.9. The molecule has 19 heavy (non-hydrogen) atoms. The van der Waals surface area contributed by atoms with Crippen molar-refractivity contribution >= 4 is 16.9 Å². The number of aromatic nitrogens is 1. The summed E-state index contributed by atoms with van der Waals surface area (Å²) in [5.74, 6) is -0.899. The second kappa shape index (κ2) is 4.28. The Morgan fingerprint density at radius 3 is 2.42 bits per heavy atom. The average molecular weight is 251 g/mol. The molecule has 3 heteroatoms. The largest absolute Gasteiger partial charge is 0.478 e. The van der Waals surface area contributed by atoms with Crippen molar-refractivity contribution in [3.8, 4) is 11.1 Å². The van der Waals surface area contributed by atoms with Gasteiger partial charge < -0.3 is 9.67 Å². The van der Waals surface area contributed by atoms with Crippen LogP contribution in [0.25, 0.3) is 22.0 Å². The molecule has 0 fully saturated rings. The van der Waals surface area contributed by atoms with Crippen LogP contribution in [0.15, 0.2) is 54.7 Å². The van der Waals surface area contributed by atoms with Crippen LogP contribution in [0.4, 0.5) is 0 Å². The normalized spacial score (nSPS) is 10.8. The highest BCUT2D eigenvalue weighted by Gasteiger charge is 2.09. The SMILES string of the molecule is Cn1cc(-c2ccc(C(=O)O)cc2)c2ccccc21. The van der Waals surface area contributed by atoms with Gasteiger partial charge in [-0.1, -0.05) is 30.3 Å². The average Bonchev–Trinajstić information content (AvgIpc) is 2.77. The summed E-state index contributed by atoms with van der Waals surface area (Å²) in [5, 5.41) is 10.1. The van der Waals surface area contributed by atoms with E-state index < -0.39 is 5.97 Å². The lowest BCUT2D eigenvalue weighted by atomic mass is 10.0. The lowest BCUT2D eigenvalue weighted by Crippen LogP contribution is -1.94. The van der Waals surface area contributed by atoms with Gasteiger partial charge in [-0.15, -0.1) is 0 Å². The molecule has 3 rings (SSSR count). The molecule has 0 saturated heterocycles. The lowest BCUT2D eigenvalue weighted by Gasteiger charge is -2.00. The number of aromatic carboxylic acids is 1. The van der Waals surface area contributed by atoms with Gasteiger partial charge in [0.1, 0.15) is 0 Å². The second-order valence-corrected chi connectivity index (χ2v) is 4.55. The van der Waals surface area contributed by atoms with Gasteiger partial charge in [-0.05, 0) is 23.8 Å². The molecule has 1 aromatic heterocycles. The predicted octanol–water partition coefficient (Wildman–Crippen LogP) is 3.54. The smallest absolute Gasteiger partial charge is 0.335 e. The molecule has 3 aromatic rings. The summed E-state index contributed by atoms with van der Waals surface area (Å²) in [6.45, 7) is 0. The number of hydrogen-bond acceptors (Lipinski definition) is 1. The number of carboxylic acids is 1. The van der Waals surface area contributed by atoms with Gasteiger partial charge in [0, 0.05) is 29.7 Å². The first-order chi connectivity index (χ1) is 9.16. The third kappa shape index (κ3) is 1.89. The van der Waals surface area contributed by atoms with Crippen molar-refractivity contribution in [1.29, 1.82) is 0 Å². The van der Waals surface area contributed by atoms with Gasteiger partial charge in [-0.3, -0.25) is 0 Å². The minimum atomic E-state index is -0.899. The van der Waals surface area contributed by atoms with Gasteiger partial charge in [0.15, 0.2) is 0 Å². The van der Waals surface area contributed by atoms with Crippen molar-refractivity contribution < 1.29 is 9.90 Å². The molecule has 0 radical (unpaired) electrons. The van der Waals surface area contributed by atoms with Gasteiger partial charge in [-0.2, -0.15) is 0 Å². The zero-order valence-corrected chi connectivity index (χ0v) is 10.5. The monoisotopic (exact) mass is 251 g/mol. The number of fused-ring (bicyclic) bond motifs is 1. The van der Waals surface area contributed by atoms with Crippen LogP contribution >= 0.6 is 0 Å². The topological polar surface area (TPSA) is 42.2 Å². The molecule has 0 atom stereocenters. The fraction of sp³-hybridized carbons (Fsp3) is 0.0625. The minimum absolute atomic E-state index is 0.309. The fourth-order valence-electron chi connectivity index (χ4n) is 2.36.